The van der Waals surface area contributed by atoms with Gasteiger partial charge >= 0.3 is 0 Å². The number of benzene rings is 2. The summed E-state index contributed by atoms with van der Waals surface area (Å²) < 4.78 is 0. The number of halogens is 1. The molecular formula is C16H17ClN2O. The van der Waals surface area contributed by atoms with Gasteiger partial charge in [0.1, 0.15) is 0 Å². The van der Waals surface area contributed by atoms with E-state index >= 15 is 0 Å². The molecule has 20 heavy (non-hydrogen) atoms. The van der Waals surface area contributed by atoms with Crippen LogP contribution in [-0.4, -0.2) is 5.91 Å². The van der Waals surface area contributed by atoms with Gasteiger partial charge in [0.15, 0.2) is 0 Å². The molecule has 0 bridgehead atoms. The van der Waals surface area contributed by atoms with Gasteiger partial charge in [-0.2, -0.15) is 0 Å². The molecule has 104 valence electrons. The number of anilines is 2. The van der Waals surface area contributed by atoms with Crippen molar-refractivity contribution in [1.82, 2.24) is 0 Å². The summed E-state index contributed by atoms with van der Waals surface area (Å²) in [6.07, 6.45) is 0.319. The Morgan fingerprint density at radius 1 is 1.15 bits per heavy atom. The van der Waals surface area contributed by atoms with Gasteiger partial charge in [-0.05, 0) is 54.8 Å². The van der Waals surface area contributed by atoms with E-state index in [0.717, 1.165) is 28.1 Å². The van der Waals surface area contributed by atoms with Crippen LogP contribution >= 0.6 is 11.6 Å². The van der Waals surface area contributed by atoms with Gasteiger partial charge in [0.25, 0.3) is 0 Å². The lowest BCUT2D eigenvalue weighted by Crippen LogP contribution is -2.15. The number of aryl methyl sites for hydroxylation is 2. The first-order valence-electron chi connectivity index (χ1n) is 6.36. The van der Waals surface area contributed by atoms with Gasteiger partial charge in [-0.1, -0.05) is 23.7 Å². The number of nitrogens with one attached hydrogen (secondary N) is 1. The van der Waals surface area contributed by atoms with E-state index in [-0.39, 0.29) is 5.91 Å². The standard InChI is InChI=1S/C16H17ClN2O/c1-10-8-15(11(2)7-14(10)18)19-16(20)9-12-3-5-13(17)6-4-12/h3-8H,9,18H2,1-2H3,(H,19,20). The lowest BCUT2D eigenvalue weighted by Gasteiger charge is -2.11. The van der Waals surface area contributed by atoms with Gasteiger partial charge in [0.05, 0.1) is 6.42 Å². The summed E-state index contributed by atoms with van der Waals surface area (Å²) in [4.78, 5) is 12.0. The summed E-state index contributed by atoms with van der Waals surface area (Å²) in [5.74, 6) is -0.0559. The largest absolute Gasteiger partial charge is 0.399 e. The van der Waals surface area contributed by atoms with Crippen molar-refractivity contribution in [3.63, 3.8) is 0 Å². The highest BCUT2D eigenvalue weighted by atomic mass is 35.5. The number of amides is 1. The Morgan fingerprint density at radius 3 is 2.45 bits per heavy atom. The second-order valence-electron chi connectivity index (χ2n) is 4.88. The van der Waals surface area contributed by atoms with Crippen molar-refractivity contribution in [3.8, 4) is 0 Å². The summed E-state index contributed by atoms with van der Waals surface area (Å²) in [6, 6.07) is 11.0. The third-order valence-electron chi connectivity index (χ3n) is 3.17. The van der Waals surface area contributed by atoms with Crippen molar-refractivity contribution in [3.05, 3.63) is 58.1 Å². The van der Waals surface area contributed by atoms with E-state index in [1.807, 2.05) is 38.1 Å². The van der Waals surface area contributed by atoms with Crippen LogP contribution in [0.25, 0.3) is 0 Å². The Kier molecular flexibility index (Phi) is 4.30. The first-order valence-corrected chi connectivity index (χ1v) is 6.74. The van der Waals surface area contributed by atoms with Crippen molar-refractivity contribution in [2.45, 2.75) is 20.3 Å². The minimum atomic E-state index is -0.0559. The molecule has 3 N–H and O–H groups in total. The minimum Gasteiger partial charge on any atom is -0.399 e. The smallest absolute Gasteiger partial charge is 0.228 e. The highest BCUT2D eigenvalue weighted by molar-refractivity contribution is 6.30. The van der Waals surface area contributed by atoms with E-state index in [1.165, 1.54) is 0 Å². The van der Waals surface area contributed by atoms with E-state index in [9.17, 15) is 4.79 Å². The van der Waals surface area contributed by atoms with Gasteiger partial charge < -0.3 is 11.1 Å². The zero-order chi connectivity index (χ0) is 14.7. The molecule has 0 aliphatic carbocycles. The quantitative estimate of drug-likeness (QED) is 0.846. The van der Waals surface area contributed by atoms with E-state index in [0.29, 0.717) is 11.4 Å². The summed E-state index contributed by atoms with van der Waals surface area (Å²) in [7, 11) is 0. The third-order valence-corrected chi connectivity index (χ3v) is 3.42. The van der Waals surface area contributed by atoms with Crippen LogP contribution in [-0.2, 0) is 11.2 Å². The van der Waals surface area contributed by atoms with Crippen LogP contribution in [0.4, 0.5) is 11.4 Å². The Bertz CT molecular complexity index is 636. The molecular weight excluding hydrogens is 272 g/mol. The molecule has 2 rings (SSSR count). The lowest BCUT2D eigenvalue weighted by atomic mass is 10.1. The maximum Gasteiger partial charge on any atom is 0.228 e. The maximum atomic E-state index is 12.0. The predicted molar refractivity (Wildman–Crippen MR) is 84.1 cm³/mol. The van der Waals surface area contributed by atoms with E-state index in [4.69, 9.17) is 17.3 Å². The summed E-state index contributed by atoms with van der Waals surface area (Å²) in [5.41, 5.74) is 10.2. The number of rotatable bonds is 3. The lowest BCUT2D eigenvalue weighted by molar-refractivity contribution is -0.115. The first kappa shape index (κ1) is 14.4. The molecule has 0 unspecified atom stereocenters. The fourth-order valence-electron chi connectivity index (χ4n) is 1.96. The van der Waals surface area contributed by atoms with Crippen LogP contribution in [0.15, 0.2) is 36.4 Å². The average Bonchev–Trinajstić information content (AvgIpc) is 2.39. The van der Waals surface area contributed by atoms with Gasteiger partial charge in [-0.3, -0.25) is 4.79 Å². The molecule has 0 fully saturated rings. The maximum absolute atomic E-state index is 12.0. The molecule has 0 atom stereocenters. The Labute approximate surface area is 123 Å². The predicted octanol–water partition coefficient (Wildman–Crippen LogP) is 3.72. The van der Waals surface area contributed by atoms with Crippen molar-refractivity contribution in [1.29, 1.82) is 0 Å². The highest BCUT2D eigenvalue weighted by Crippen LogP contribution is 2.22. The number of nitrogens with two attached hydrogens (primary N) is 1. The zero-order valence-corrected chi connectivity index (χ0v) is 12.3. The Morgan fingerprint density at radius 2 is 1.80 bits per heavy atom. The molecule has 0 saturated carbocycles. The molecule has 0 spiro atoms. The fourth-order valence-corrected chi connectivity index (χ4v) is 2.08. The molecule has 3 nitrogen and oxygen atoms in total. The number of hydrogen-bond acceptors (Lipinski definition) is 2. The van der Waals surface area contributed by atoms with Crippen molar-refractivity contribution < 1.29 is 4.79 Å². The zero-order valence-electron chi connectivity index (χ0n) is 11.5. The second-order valence-corrected chi connectivity index (χ2v) is 5.31. The van der Waals surface area contributed by atoms with E-state index in [1.54, 1.807) is 12.1 Å². The summed E-state index contributed by atoms with van der Waals surface area (Å²) in [5, 5.41) is 3.58. The van der Waals surface area contributed by atoms with Crippen LogP contribution in [0.3, 0.4) is 0 Å². The van der Waals surface area contributed by atoms with Gasteiger partial charge in [-0.25, -0.2) is 0 Å². The number of carbonyl (C=O) groups is 1. The fraction of sp³-hybridized carbons (Fsp3) is 0.188. The molecule has 0 saturated heterocycles. The first-order chi connectivity index (χ1) is 9.45. The summed E-state index contributed by atoms with van der Waals surface area (Å²) >= 11 is 5.82. The number of hydrogen-bond donors (Lipinski definition) is 2. The molecule has 2 aromatic carbocycles. The molecule has 4 heteroatoms. The van der Waals surface area contributed by atoms with E-state index < -0.39 is 0 Å². The van der Waals surface area contributed by atoms with Gasteiger partial charge in [0.2, 0.25) is 5.91 Å². The minimum absolute atomic E-state index is 0.0559. The molecule has 0 radical (unpaired) electrons. The average molecular weight is 289 g/mol. The summed E-state index contributed by atoms with van der Waals surface area (Å²) in [6.45, 7) is 3.84. The van der Waals surface area contributed by atoms with Crippen molar-refractivity contribution >= 4 is 28.9 Å². The van der Waals surface area contributed by atoms with Gasteiger partial charge in [-0.15, -0.1) is 0 Å². The Hall–Kier alpha value is -2.00. The second kappa shape index (κ2) is 5.97. The molecule has 0 aliphatic heterocycles. The van der Waals surface area contributed by atoms with Crippen LogP contribution in [0.2, 0.25) is 5.02 Å². The third kappa shape index (κ3) is 3.52. The highest BCUT2D eigenvalue weighted by Gasteiger charge is 2.07. The monoisotopic (exact) mass is 288 g/mol. The number of nitrogen functional groups attached to an aromatic ring is 1. The molecule has 2 aromatic rings. The Balaban J connectivity index is 2.08. The van der Waals surface area contributed by atoms with Crippen LogP contribution in [0, 0.1) is 13.8 Å². The van der Waals surface area contributed by atoms with Crippen molar-refractivity contribution in [2.24, 2.45) is 0 Å². The van der Waals surface area contributed by atoms with Gasteiger partial charge in [0, 0.05) is 16.4 Å². The number of carbonyl (C=O) groups excluding carboxylic acids is 1. The normalized spacial score (nSPS) is 10.3. The van der Waals surface area contributed by atoms with Crippen molar-refractivity contribution in [2.75, 3.05) is 11.1 Å². The molecule has 0 heterocycles. The van der Waals surface area contributed by atoms with Crippen LogP contribution in [0.5, 0.6) is 0 Å². The molecule has 0 aliphatic rings. The topological polar surface area (TPSA) is 55.1 Å². The molecule has 0 aromatic heterocycles. The molecule has 1 amide bonds. The SMILES string of the molecule is Cc1cc(NC(=O)Cc2ccc(Cl)cc2)c(C)cc1N. The van der Waals surface area contributed by atoms with Crippen LogP contribution in [0.1, 0.15) is 16.7 Å². The van der Waals surface area contributed by atoms with E-state index in [2.05, 4.69) is 5.32 Å². The van der Waals surface area contributed by atoms with Crippen LogP contribution < -0.4 is 11.1 Å².